The molecular weight excluding hydrogens is 216 g/mol. The van der Waals surface area contributed by atoms with E-state index >= 15 is 0 Å². The Morgan fingerprint density at radius 3 is 2.76 bits per heavy atom. The predicted molar refractivity (Wildman–Crippen MR) is 64.8 cm³/mol. The Labute approximate surface area is 101 Å². The molecule has 1 N–H and O–H groups in total. The van der Waals surface area contributed by atoms with Gasteiger partial charge in [0, 0.05) is 5.92 Å². The number of aliphatic hydroxyl groups excluding tert-OH is 1. The van der Waals surface area contributed by atoms with E-state index in [2.05, 4.69) is 0 Å². The van der Waals surface area contributed by atoms with E-state index in [0.29, 0.717) is 6.61 Å². The van der Waals surface area contributed by atoms with Gasteiger partial charge in [0.2, 0.25) is 0 Å². The summed E-state index contributed by atoms with van der Waals surface area (Å²) in [6.45, 7) is 2.33. The Morgan fingerprint density at radius 2 is 2.06 bits per heavy atom. The molecule has 1 aliphatic rings. The van der Waals surface area contributed by atoms with Crippen LogP contribution in [-0.2, 0) is 9.53 Å². The molecule has 0 bridgehead atoms. The molecule has 3 nitrogen and oxygen atoms in total. The minimum atomic E-state index is -1.08. The molecule has 1 aromatic rings. The number of carbonyl (C=O) groups is 1. The van der Waals surface area contributed by atoms with Gasteiger partial charge in [0.05, 0.1) is 12.7 Å². The molecule has 3 atom stereocenters. The highest BCUT2D eigenvalue weighted by Crippen LogP contribution is 2.25. The molecule has 0 radical (unpaired) electrons. The number of hydrogen-bond acceptors (Lipinski definition) is 3. The first-order chi connectivity index (χ1) is 8.20. The first kappa shape index (κ1) is 12.0. The smallest absolute Gasteiger partial charge is 0.186 e. The van der Waals surface area contributed by atoms with Gasteiger partial charge < -0.3 is 9.84 Å². The molecule has 1 heterocycles. The molecular formula is C14H16O3. The van der Waals surface area contributed by atoms with E-state index in [4.69, 9.17) is 4.74 Å². The summed E-state index contributed by atoms with van der Waals surface area (Å²) in [5, 5.41) is 9.92. The van der Waals surface area contributed by atoms with Crippen molar-refractivity contribution < 1.29 is 14.6 Å². The van der Waals surface area contributed by atoms with E-state index < -0.39 is 12.2 Å². The van der Waals surface area contributed by atoms with Crippen LogP contribution in [0.15, 0.2) is 42.5 Å². The zero-order valence-corrected chi connectivity index (χ0v) is 9.74. The fraction of sp³-hybridized carbons (Fsp3) is 0.357. The summed E-state index contributed by atoms with van der Waals surface area (Å²) in [7, 11) is 0. The van der Waals surface area contributed by atoms with Gasteiger partial charge >= 0.3 is 0 Å². The van der Waals surface area contributed by atoms with Crippen molar-refractivity contribution in [3.05, 3.63) is 48.0 Å². The van der Waals surface area contributed by atoms with Crippen molar-refractivity contribution >= 4 is 5.78 Å². The summed E-state index contributed by atoms with van der Waals surface area (Å²) in [5.41, 5.74) is 1.06. The van der Waals surface area contributed by atoms with Gasteiger partial charge in [-0.05, 0) is 11.6 Å². The van der Waals surface area contributed by atoms with Gasteiger partial charge in [0.25, 0.3) is 0 Å². The maximum Gasteiger partial charge on any atom is 0.186 e. The summed E-state index contributed by atoms with van der Waals surface area (Å²) < 4.78 is 5.54. The zero-order chi connectivity index (χ0) is 12.3. The Bertz CT molecular complexity index is 411. The molecule has 1 aliphatic heterocycles. The van der Waals surface area contributed by atoms with Crippen LogP contribution in [0.25, 0.3) is 0 Å². The van der Waals surface area contributed by atoms with Gasteiger partial charge in [0.15, 0.2) is 5.78 Å². The Morgan fingerprint density at radius 1 is 1.35 bits per heavy atom. The highest BCUT2D eigenvalue weighted by atomic mass is 16.5. The van der Waals surface area contributed by atoms with Crippen molar-refractivity contribution in [2.45, 2.75) is 25.0 Å². The van der Waals surface area contributed by atoms with Crippen molar-refractivity contribution in [2.24, 2.45) is 0 Å². The van der Waals surface area contributed by atoms with E-state index in [-0.39, 0.29) is 11.7 Å². The van der Waals surface area contributed by atoms with Crippen LogP contribution in [0, 0.1) is 0 Å². The monoisotopic (exact) mass is 232 g/mol. The molecule has 3 unspecified atom stereocenters. The second kappa shape index (κ2) is 5.25. The van der Waals surface area contributed by atoms with Gasteiger partial charge in [-0.2, -0.15) is 0 Å². The molecule has 0 amide bonds. The summed E-state index contributed by atoms with van der Waals surface area (Å²) in [6.07, 6.45) is 1.47. The largest absolute Gasteiger partial charge is 0.382 e. The van der Waals surface area contributed by atoms with Crippen molar-refractivity contribution in [3.8, 4) is 0 Å². The number of rotatable bonds is 2. The molecule has 0 spiro atoms. The number of aliphatic hydroxyl groups is 1. The Hall–Kier alpha value is -1.45. The third-order valence-corrected chi connectivity index (χ3v) is 3.09. The summed E-state index contributed by atoms with van der Waals surface area (Å²) >= 11 is 0. The molecule has 0 saturated carbocycles. The minimum Gasteiger partial charge on any atom is -0.382 e. The lowest BCUT2D eigenvalue weighted by atomic mass is 9.90. The number of benzene rings is 1. The summed E-state index contributed by atoms with van der Waals surface area (Å²) in [4.78, 5) is 11.5. The average molecular weight is 232 g/mol. The SMILES string of the molecule is CC(c1ccccc1)C1OCC=CC(=O)C1O. The second-order valence-electron chi connectivity index (χ2n) is 4.25. The van der Waals surface area contributed by atoms with Gasteiger partial charge in [-0.15, -0.1) is 0 Å². The van der Waals surface area contributed by atoms with Gasteiger partial charge in [-0.25, -0.2) is 0 Å². The van der Waals surface area contributed by atoms with Gasteiger partial charge in [0.1, 0.15) is 6.10 Å². The quantitative estimate of drug-likeness (QED) is 0.843. The normalized spacial score (nSPS) is 26.6. The fourth-order valence-corrected chi connectivity index (χ4v) is 2.05. The molecule has 1 aromatic carbocycles. The third-order valence-electron chi connectivity index (χ3n) is 3.09. The highest BCUT2D eigenvalue weighted by Gasteiger charge is 2.32. The Balaban J connectivity index is 2.19. The minimum absolute atomic E-state index is 0.0185. The van der Waals surface area contributed by atoms with Gasteiger partial charge in [-0.1, -0.05) is 43.3 Å². The van der Waals surface area contributed by atoms with E-state index in [1.165, 1.54) is 6.08 Å². The molecule has 90 valence electrons. The topological polar surface area (TPSA) is 46.5 Å². The maximum absolute atomic E-state index is 11.5. The van der Waals surface area contributed by atoms with Gasteiger partial charge in [-0.3, -0.25) is 4.79 Å². The van der Waals surface area contributed by atoms with Crippen LogP contribution in [0.4, 0.5) is 0 Å². The number of ketones is 1. The van der Waals surface area contributed by atoms with Crippen molar-refractivity contribution in [1.82, 2.24) is 0 Å². The lowest BCUT2D eigenvalue weighted by molar-refractivity contribution is -0.130. The molecule has 3 heteroatoms. The fourth-order valence-electron chi connectivity index (χ4n) is 2.05. The average Bonchev–Trinajstić information content (AvgIpc) is 2.53. The van der Waals surface area contributed by atoms with E-state index in [1.807, 2.05) is 37.3 Å². The lowest BCUT2D eigenvalue weighted by Gasteiger charge is -2.26. The van der Waals surface area contributed by atoms with Crippen molar-refractivity contribution in [2.75, 3.05) is 6.61 Å². The standard InChI is InChI=1S/C14H16O3/c1-10(11-6-3-2-4-7-11)14-13(16)12(15)8-5-9-17-14/h2-8,10,13-14,16H,9H2,1H3. The number of carbonyl (C=O) groups excluding carboxylic acids is 1. The van der Waals surface area contributed by atoms with Crippen LogP contribution in [0.1, 0.15) is 18.4 Å². The molecule has 2 rings (SSSR count). The Kier molecular flexibility index (Phi) is 3.71. The van der Waals surface area contributed by atoms with E-state index in [9.17, 15) is 9.90 Å². The lowest BCUT2D eigenvalue weighted by Crippen LogP contribution is -2.37. The van der Waals surface area contributed by atoms with Crippen LogP contribution >= 0.6 is 0 Å². The molecule has 0 fully saturated rings. The summed E-state index contributed by atoms with van der Waals surface area (Å²) in [5.74, 6) is -0.301. The van der Waals surface area contributed by atoms with Crippen LogP contribution in [0.5, 0.6) is 0 Å². The van der Waals surface area contributed by atoms with Crippen LogP contribution in [0.2, 0.25) is 0 Å². The van der Waals surface area contributed by atoms with E-state index in [1.54, 1.807) is 6.08 Å². The molecule has 0 aromatic heterocycles. The number of ether oxygens (including phenoxy) is 1. The predicted octanol–water partition coefficient (Wildman–Crippen LogP) is 1.68. The first-order valence-corrected chi connectivity index (χ1v) is 5.75. The summed E-state index contributed by atoms with van der Waals surface area (Å²) in [6, 6.07) is 9.77. The number of hydrogen-bond donors (Lipinski definition) is 1. The van der Waals surface area contributed by atoms with E-state index in [0.717, 1.165) is 5.56 Å². The maximum atomic E-state index is 11.5. The zero-order valence-electron chi connectivity index (χ0n) is 9.74. The van der Waals surface area contributed by atoms with Crippen molar-refractivity contribution in [3.63, 3.8) is 0 Å². The third kappa shape index (κ3) is 2.62. The van der Waals surface area contributed by atoms with Crippen molar-refractivity contribution in [1.29, 1.82) is 0 Å². The molecule has 17 heavy (non-hydrogen) atoms. The first-order valence-electron chi connectivity index (χ1n) is 5.75. The molecule has 0 saturated heterocycles. The van der Waals surface area contributed by atoms with Crippen LogP contribution in [-0.4, -0.2) is 29.7 Å². The van der Waals surface area contributed by atoms with Crippen LogP contribution in [0.3, 0.4) is 0 Å². The highest BCUT2D eigenvalue weighted by molar-refractivity contribution is 5.94. The second-order valence-corrected chi connectivity index (χ2v) is 4.25. The van der Waals surface area contributed by atoms with Crippen LogP contribution < -0.4 is 0 Å². The molecule has 0 aliphatic carbocycles.